The van der Waals surface area contributed by atoms with Crippen LogP contribution in [0.4, 0.5) is 0 Å². The number of sulfonamides is 1. The molecule has 0 saturated carbocycles. The van der Waals surface area contributed by atoms with E-state index < -0.39 is 10.0 Å². The summed E-state index contributed by atoms with van der Waals surface area (Å²) in [5, 5.41) is 8.60. The second-order valence-corrected chi connectivity index (χ2v) is 6.24. The van der Waals surface area contributed by atoms with Gasteiger partial charge in [0.1, 0.15) is 0 Å². The Morgan fingerprint density at radius 1 is 1.38 bits per heavy atom. The van der Waals surface area contributed by atoms with Gasteiger partial charge in [-0.3, -0.25) is 0 Å². The van der Waals surface area contributed by atoms with Crippen LogP contribution in [0.3, 0.4) is 0 Å². The molecule has 0 radical (unpaired) electrons. The smallest absolute Gasteiger partial charge is 0.216 e. The number of hydrogen-bond acceptors (Lipinski definition) is 4. The molecule has 5 nitrogen and oxygen atoms in total. The van der Waals surface area contributed by atoms with Gasteiger partial charge in [0, 0.05) is 13.6 Å². The largest absolute Gasteiger partial charge is 0.378 e. The van der Waals surface area contributed by atoms with Crippen molar-refractivity contribution in [2.75, 3.05) is 26.0 Å². The summed E-state index contributed by atoms with van der Waals surface area (Å²) < 4.78 is 29.8. The van der Waals surface area contributed by atoms with Crippen molar-refractivity contribution in [3.05, 3.63) is 0 Å². The van der Waals surface area contributed by atoms with E-state index in [9.17, 15) is 8.42 Å². The Labute approximate surface area is 98.1 Å². The molecule has 0 aromatic rings. The lowest BCUT2D eigenvalue weighted by molar-refractivity contribution is 0.0907. The van der Waals surface area contributed by atoms with Gasteiger partial charge in [-0.15, -0.1) is 0 Å². The quantitative estimate of drug-likeness (QED) is 0.669. The SMILES string of the molecule is CC(C#N)CN(C)S(=O)(=O)CCOC(C)C. The van der Waals surface area contributed by atoms with Crippen molar-refractivity contribution < 1.29 is 13.2 Å². The van der Waals surface area contributed by atoms with E-state index in [0.717, 1.165) is 0 Å². The Morgan fingerprint density at radius 2 is 1.94 bits per heavy atom. The molecular formula is C10H20N2O3S. The molecule has 6 heteroatoms. The van der Waals surface area contributed by atoms with E-state index in [2.05, 4.69) is 0 Å². The third kappa shape index (κ3) is 6.05. The maximum Gasteiger partial charge on any atom is 0.216 e. The van der Waals surface area contributed by atoms with Gasteiger partial charge in [0.2, 0.25) is 10.0 Å². The Kier molecular flexibility index (Phi) is 6.56. The van der Waals surface area contributed by atoms with Crippen LogP contribution in [0.5, 0.6) is 0 Å². The van der Waals surface area contributed by atoms with E-state index in [4.69, 9.17) is 10.00 Å². The fourth-order valence-electron chi connectivity index (χ4n) is 1.09. The maximum atomic E-state index is 11.7. The van der Waals surface area contributed by atoms with Gasteiger partial charge < -0.3 is 4.74 Å². The molecule has 0 aliphatic carbocycles. The van der Waals surface area contributed by atoms with Crippen LogP contribution < -0.4 is 0 Å². The summed E-state index contributed by atoms with van der Waals surface area (Å²) in [7, 11) is -1.82. The summed E-state index contributed by atoms with van der Waals surface area (Å²) in [4.78, 5) is 0. The average molecular weight is 248 g/mol. The molecule has 94 valence electrons. The van der Waals surface area contributed by atoms with Crippen LogP contribution >= 0.6 is 0 Å². The monoisotopic (exact) mass is 248 g/mol. The van der Waals surface area contributed by atoms with Crippen LogP contribution in [0.1, 0.15) is 20.8 Å². The minimum absolute atomic E-state index is 0.0264. The standard InChI is InChI=1S/C10H20N2O3S/c1-9(2)15-5-6-16(13,14)12(4)8-10(3)7-11/h9-10H,5-6,8H2,1-4H3. The molecule has 0 aromatic carbocycles. The number of nitrogens with zero attached hydrogens (tertiary/aromatic N) is 2. The molecule has 0 saturated heterocycles. The first-order chi connectivity index (χ1) is 7.29. The molecule has 0 aliphatic rings. The summed E-state index contributed by atoms with van der Waals surface area (Å²) in [6.45, 7) is 5.81. The number of rotatable bonds is 7. The van der Waals surface area contributed by atoms with E-state index in [-0.39, 0.29) is 30.9 Å². The molecule has 0 amide bonds. The third-order valence-corrected chi connectivity index (χ3v) is 3.80. The van der Waals surface area contributed by atoms with Gasteiger partial charge in [-0.2, -0.15) is 5.26 Å². The summed E-state index contributed by atoms with van der Waals surface area (Å²) >= 11 is 0. The zero-order chi connectivity index (χ0) is 12.8. The highest BCUT2D eigenvalue weighted by Crippen LogP contribution is 2.04. The van der Waals surface area contributed by atoms with Crippen LogP contribution in [0.25, 0.3) is 0 Å². The lowest BCUT2D eigenvalue weighted by Crippen LogP contribution is -2.34. The Morgan fingerprint density at radius 3 is 2.38 bits per heavy atom. The molecule has 16 heavy (non-hydrogen) atoms. The molecule has 0 bridgehead atoms. The van der Waals surface area contributed by atoms with Crippen molar-refractivity contribution in [3.63, 3.8) is 0 Å². The molecule has 0 aromatic heterocycles. The number of hydrogen-bond donors (Lipinski definition) is 0. The third-order valence-electron chi connectivity index (χ3n) is 2.02. The molecule has 0 fully saturated rings. The van der Waals surface area contributed by atoms with Gasteiger partial charge in [-0.05, 0) is 20.8 Å². The Balaban J connectivity index is 4.17. The predicted molar refractivity (Wildman–Crippen MR) is 62.3 cm³/mol. The van der Waals surface area contributed by atoms with Crippen molar-refractivity contribution in [2.24, 2.45) is 5.92 Å². The summed E-state index contributed by atoms with van der Waals surface area (Å²) in [5.41, 5.74) is 0. The lowest BCUT2D eigenvalue weighted by Gasteiger charge is -2.18. The maximum absolute atomic E-state index is 11.7. The van der Waals surface area contributed by atoms with Gasteiger partial charge in [0.25, 0.3) is 0 Å². The Hall–Kier alpha value is -0.640. The van der Waals surface area contributed by atoms with Crippen molar-refractivity contribution in [2.45, 2.75) is 26.9 Å². The van der Waals surface area contributed by atoms with Crippen molar-refractivity contribution >= 4 is 10.0 Å². The van der Waals surface area contributed by atoms with Gasteiger partial charge in [0.05, 0.1) is 30.5 Å². The minimum Gasteiger partial charge on any atom is -0.378 e. The van der Waals surface area contributed by atoms with Crippen LogP contribution in [0.2, 0.25) is 0 Å². The topological polar surface area (TPSA) is 70.4 Å². The van der Waals surface area contributed by atoms with Crippen LogP contribution in [-0.4, -0.2) is 44.8 Å². The van der Waals surface area contributed by atoms with E-state index in [0.29, 0.717) is 0 Å². The first-order valence-corrected chi connectivity index (χ1v) is 6.85. The van der Waals surface area contributed by atoms with Gasteiger partial charge >= 0.3 is 0 Å². The van der Waals surface area contributed by atoms with Crippen LogP contribution in [0, 0.1) is 17.2 Å². The second kappa shape index (κ2) is 6.84. The molecule has 0 heterocycles. The molecule has 0 aliphatic heterocycles. The van der Waals surface area contributed by atoms with Gasteiger partial charge in [-0.1, -0.05) is 0 Å². The number of ether oxygens (including phenoxy) is 1. The lowest BCUT2D eigenvalue weighted by atomic mass is 10.2. The predicted octanol–water partition coefficient (Wildman–Crippen LogP) is 0.833. The first-order valence-electron chi connectivity index (χ1n) is 5.24. The number of nitriles is 1. The molecule has 1 unspecified atom stereocenters. The van der Waals surface area contributed by atoms with Crippen LogP contribution in [-0.2, 0) is 14.8 Å². The van der Waals surface area contributed by atoms with E-state index in [1.165, 1.54) is 11.4 Å². The fraction of sp³-hybridized carbons (Fsp3) is 0.900. The first kappa shape index (κ1) is 15.4. The zero-order valence-electron chi connectivity index (χ0n) is 10.3. The van der Waals surface area contributed by atoms with E-state index in [1.54, 1.807) is 6.92 Å². The van der Waals surface area contributed by atoms with Gasteiger partial charge in [-0.25, -0.2) is 12.7 Å². The summed E-state index contributed by atoms with van der Waals surface area (Å²) in [6, 6.07) is 2.00. The van der Waals surface area contributed by atoms with Crippen molar-refractivity contribution in [3.8, 4) is 6.07 Å². The normalized spacial score (nSPS) is 14.1. The highest BCUT2D eigenvalue weighted by atomic mass is 32.2. The second-order valence-electron chi connectivity index (χ2n) is 4.05. The molecular weight excluding hydrogens is 228 g/mol. The zero-order valence-corrected chi connectivity index (χ0v) is 11.1. The molecule has 0 N–H and O–H groups in total. The molecule has 1 atom stereocenters. The molecule has 0 rings (SSSR count). The fourth-order valence-corrected chi connectivity index (χ4v) is 2.15. The summed E-state index contributed by atoms with van der Waals surface area (Å²) in [5.74, 6) is -0.342. The minimum atomic E-state index is -3.30. The van der Waals surface area contributed by atoms with Crippen LogP contribution in [0.15, 0.2) is 0 Å². The highest BCUT2D eigenvalue weighted by molar-refractivity contribution is 7.89. The van der Waals surface area contributed by atoms with Gasteiger partial charge in [0.15, 0.2) is 0 Å². The van der Waals surface area contributed by atoms with E-state index >= 15 is 0 Å². The van der Waals surface area contributed by atoms with Crippen molar-refractivity contribution in [1.29, 1.82) is 5.26 Å². The molecule has 0 spiro atoms. The van der Waals surface area contributed by atoms with Crippen molar-refractivity contribution in [1.82, 2.24) is 4.31 Å². The Bertz CT molecular complexity index is 332. The highest BCUT2D eigenvalue weighted by Gasteiger charge is 2.19. The average Bonchev–Trinajstić information content (AvgIpc) is 2.16. The van der Waals surface area contributed by atoms with E-state index in [1.807, 2.05) is 19.9 Å². The summed E-state index contributed by atoms with van der Waals surface area (Å²) in [6.07, 6.45) is 0.0264.